The highest BCUT2D eigenvalue weighted by Gasteiger charge is 2.15. The van der Waals surface area contributed by atoms with Gasteiger partial charge >= 0.3 is 11.9 Å². The van der Waals surface area contributed by atoms with Crippen LogP contribution in [0.2, 0.25) is 0 Å². The number of nitrogens with one attached hydrogen (secondary N) is 1. The Kier molecular flexibility index (Phi) is 8.58. The molecular formula is C22H29N3O5. The molecule has 0 radical (unpaired) electrons. The van der Waals surface area contributed by atoms with Gasteiger partial charge in [-0.15, -0.1) is 0 Å². The molecule has 2 rings (SSSR count). The van der Waals surface area contributed by atoms with Crippen LogP contribution in [-0.4, -0.2) is 47.9 Å². The molecule has 2 aromatic rings. The standard InChI is InChI=1S/C22H29N3O5/c1-5-6-13-23-20(26)14-30-22(28)17-7-9-18(10-8-17)25-16(3)19(15(2)24-25)11-12-21(27)29-4/h7-10H,5-6,11-14H2,1-4H3,(H,23,26). The van der Waals surface area contributed by atoms with Crippen LogP contribution in [0, 0.1) is 13.8 Å². The molecule has 30 heavy (non-hydrogen) atoms. The van der Waals surface area contributed by atoms with E-state index in [1.807, 2.05) is 20.8 Å². The summed E-state index contributed by atoms with van der Waals surface area (Å²) < 4.78 is 11.5. The largest absolute Gasteiger partial charge is 0.469 e. The van der Waals surface area contributed by atoms with E-state index >= 15 is 0 Å². The van der Waals surface area contributed by atoms with E-state index in [9.17, 15) is 14.4 Å². The van der Waals surface area contributed by atoms with Crippen LogP contribution in [-0.2, 0) is 25.5 Å². The molecular weight excluding hydrogens is 386 g/mol. The molecule has 0 aliphatic rings. The molecule has 0 unspecified atom stereocenters. The summed E-state index contributed by atoms with van der Waals surface area (Å²) in [7, 11) is 1.37. The molecule has 1 amide bonds. The number of amides is 1. The lowest BCUT2D eigenvalue weighted by Crippen LogP contribution is -2.29. The van der Waals surface area contributed by atoms with Crippen LogP contribution in [0.15, 0.2) is 24.3 Å². The van der Waals surface area contributed by atoms with Gasteiger partial charge in [-0.05, 0) is 56.5 Å². The number of unbranched alkanes of at least 4 members (excludes halogenated alkanes) is 1. The molecule has 1 N–H and O–H groups in total. The van der Waals surface area contributed by atoms with E-state index in [1.54, 1.807) is 28.9 Å². The summed E-state index contributed by atoms with van der Waals surface area (Å²) in [6.07, 6.45) is 2.71. The number of nitrogens with zero attached hydrogens (tertiary/aromatic N) is 2. The maximum Gasteiger partial charge on any atom is 0.338 e. The number of carbonyl (C=O) groups excluding carboxylic acids is 3. The molecule has 1 aromatic heterocycles. The van der Waals surface area contributed by atoms with E-state index in [4.69, 9.17) is 9.47 Å². The average Bonchev–Trinajstić information content (AvgIpc) is 3.03. The predicted octanol–water partition coefficient (Wildman–Crippen LogP) is 2.67. The first-order valence-electron chi connectivity index (χ1n) is 10.0. The van der Waals surface area contributed by atoms with Crippen LogP contribution in [0.3, 0.4) is 0 Å². The number of rotatable bonds is 10. The summed E-state index contributed by atoms with van der Waals surface area (Å²) in [6.45, 7) is 6.14. The quantitative estimate of drug-likeness (QED) is 0.473. The van der Waals surface area contributed by atoms with Crippen molar-refractivity contribution in [3.05, 3.63) is 46.8 Å². The minimum absolute atomic E-state index is 0.261. The predicted molar refractivity (Wildman–Crippen MR) is 112 cm³/mol. The van der Waals surface area contributed by atoms with Crippen LogP contribution in [0.1, 0.15) is 53.5 Å². The average molecular weight is 415 g/mol. The van der Waals surface area contributed by atoms with Crippen molar-refractivity contribution in [2.45, 2.75) is 46.5 Å². The second-order valence-corrected chi connectivity index (χ2v) is 6.96. The molecule has 8 heteroatoms. The van der Waals surface area contributed by atoms with Crippen molar-refractivity contribution in [1.29, 1.82) is 0 Å². The van der Waals surface area contributed by atoms with E-state index in [-0.39, 0.29) is 18.5 Å². The van der Waals surface area contributed by atoms with E-state index in [0.717, 1.165) is 35.5 Å². The number of benzene rings is 1. The Hall–Kier alpha value is -3.16. The minimum atomic E-state index is -0.556. The van der Waals surface area contributed by atoms with Crippen molar-refractivity contribution < 1.29 is 23.9 Å². The van der Waals surface area contributed by atoms with Crippen LogP contribution in [0.5, 0.6) is 0 Å². The molecule has 0 aliphatic heterocycles. The minimum Gasteiger partial charge on any atom is -0.469 e. The van der Waals surface area contributed by atoms with Crippen LogP contribution in [0.25, 0.3) is 5.69 Å². The van der Waals surface area contributed by atoms with Crippen molar-refractivity contribution >= 4 is 17.8 Å². The van der Waals surface area contributed by atoms with Crippen molar-refractivity contribution in [3.63, 3.8) is 0 Å². The first-order valence-corrected chi connectivity index (χ1v) is 10.0. The number of aromatic nitrogens is 2. The maximum atomic E-state index is 12.2. The number of aryl methyl sites for hydroxylation is 1. The van der Waals surface area contributed by atoms with E-state index in [0.29, 0.717) is 24.9 Å². The third-order valence-corrected chi connectivity index (χ3v) is 4.78. The van der Waals surface area contributed by atoms with Crippen molar-refractivity contribution in [1.82, 2.24) is 15.1 Å². The third-order valence-electron chi connectivity index (χ3n) is 4.78. The zero-order valence-electron chi connectivity index (χ0n) is 18.0. The smallest absolute Gasteiger partial charge is 0.338 e. The SMILES string of the molecule is CCCCNC(=O)COC(=O)c1ccc(-n2nc(C)c(CCC(=O)OC)c2C)cc1. The fraction of sp³-hybridized carbons (Fsp3) is 0.455. The fourth-order valence-electron chi connectivity index (χ4n) is 3.03. The number of hydrogen-bond donors (Lipinski definition) is 1. The van der Waals surface area contributed by atoms with Gasteiger partial charge in [0.25, 0.3) is 5.91 Å². The van der Waals surface area contributed by atoms with Crippen LogP contribution >= 0.6 is 0 Å². The molecule has 0 fully saturated rings. The number of carbonyl (C=O) groups is 3. The summed E-state index contributed by atoms with van der Waals surface area (Å²) >= 11 is 0. The molecule has 8 nitrogen and oxygen atoms in total. The molecule has 0 atom stereocenters. The maximum absolute atomic E-state index is 12.2. The lowest BCUT2D eigenvalue weighted by Gasteiger charge is -2.08. The first-order chi connectivity index (χ1) is 14.4. The molecule has 0 spiro atoms. The van der Waals surface area contributed by atoms with E-state index < -0.39 is 5.97 Å². The van der Waals surface area contributed by atoms with Gasteiger partial charge in [0.1, 0.15) is 0 Å². The molecule has 0 bridgehead atoms. The highest BCUT2D eigenvalue weighted by Crippen LogP contribution is 2.20. The summed E-state index contributed by atoms with van der Waals surface area (Å²) in [5.74, 6) is -1.13. The molecule has 1 heterocycles. The summed E-state index contributed by atoms with van der Waals surface area (Å²) in [6, 6.07) is 6.80. The highest BCUT2D eigenvalue weighted by molar-refractivity contribution is 5.91. The van der Waals surface area contributed by atoms with Gasteiger partial charge in [-0.2, -0.15) is 5.10 Å². The molecule has 0 aliphatic carbocycles. The van der Waals surface area contributed by atoms with E-state index in [1.165, 1.54) is 7.11 Å². The Morgan fingerprint density at radius 1 is 1.13 bits per heavy atom. The van der Waals surface area contributed by atoms with Gasteiger partial charge in [-0.1, -0.05) is 13.3 Å². The Morgan fingerprint density at radius 3 is 2.47 bits per heavy atom. The fourth-order valence-corrected chi connectivity index (χ4v) is 3.03. The Bertz CT molecular complexity index is 887. The lowest BCUT2D eigenvalue weighted by molar-refractivity contribution is -0.140. The summed E-state index contributed by atoms with van der Waals surface area (Å²) in [5.41, 5.74) is 3.91. The summed E-state index contributed by atoms with van der Waals surface area (Å²) in [5, 5.41) is 7.25. The topological polar surface area (TPSA) is 99.5 Å². The normalized spacial score (nSPS) is 10.5. The van der Waals surface area contributed by atoms with Gasteiger partial charge in [-0.25, -0.2) is 9.48 Å². The van der Waals surface area contributed by atoms with Crippen LogP contribution < -0.4 is 5.32 Å². The first kappa shape index (κ1) is 23.1. The van der Waals surface area contributed by atoms with Crippen molar-refractivity contribution in [3.8, 4) is 5.69 Å². The van der Waals surface area contributed by atoms with Gasteiger partial charge in [0.2, 0.25) is 0 Å². The molecule has 0 saturated heterocycles. The number of esters is 2. The van der Waals surface area contributed by atoms with Crippen LogP contribution in [0.4, 0.5) is 0 Å². The summed E-state index contributed by atoms with van der Waals surface area (Å²) in [4.78, 5) is 35.2. The third kappa shape index (κ3) is 6.17. The molecule has 1 aromatic carbocycles. The Morgan fingerprint density at radius 2 is 1.83 bits per heavy atom. The lowest BCUT2D eigenvalue weighted by atomic mass is 10.1. The van der Waals surface area contributed by atoms with Crippen molar-refractivity contribution in [2.75, 3.05) is 20.3 Å². The zero-order chi connectivity index (χ0) is 22.1. The van der Waals surface area contributed by atoms with Gasteiger partial charge in [0, 0.05) is 18.7 Å². The Labute approximate surface area is 176 Å². The van der Waals surface area contributed by atoms with E-state index in [2.05, 4.69) is 10.4 Å². The number of hydrogen-bond acceptors (Lipinski definition) is 6. The van der Waals surface area contributed by atoms with Gasteiger partial charge in [0.15, 0.2) is 6.61 Å². The molecule has 0 saturated carbocycles. The van der Waals surface area contributed by atoms with Gasteiger partial charge in [0.05, 0.1) is 24.1 Å². The van der Waals surface area contributed by atoms with Crippen molar-refractivity contribution in [2.24, 2.45) is 0 Å². The zero-order valence-corrected chi connectivity index (χ0v) is 18.0. The van der Waals surface area contributed by atoms with Gasteiger partial charge in [-0.3, -0.25) is 9.59 Å². The highest BCUT2D eigenvalue weighted by atomic mass is 16.5. The van der Waals surface area contributed by atoms with Gasteiger partial charge < -0.3 is 14.8 Å². The second kappa shape index (κ2) is 11.1. The number of methoxy groups -OCH3 is 1. The number of ether oxygens (including phenoxy) is 2. The molecule has 162 valence electrons. The second-order valence-electron chi connectivity index (χ2n) is 6.96. The Balaban J connectivity index is 2.01. The monoisotopic (exact) mass is 415 g/mol.